The molecule has 172 valence electrons. The zero-order valence-corrected chi connectivity index (χ0v) is 20.1. The smallest absolute Gasteiger partial charge is 0.247 e. The molecule has 0 saturated carbocycles. The number of methoxy groups -OCH3 is 1. The number of furan rings is 1. The van der Waals surface area contributed by atoms with E-state index in [0.717, 1.165) is 46.2 Å². The van der Waals surface area contributed by atoms with Gasteiger partial charge in [-0.05, 0) is 61.1 Å². The molecule has 2 heterocycles. The fraction of sp³-hybridized carbons (Fsp3) is 0.233. The van der Waals surface area contributed by atoms with Crippen LogP contribution >= 0.6 is 0 Å². The number of ether oxygens (including phenoxy) is 1. The van der Waals surface area contributed by atoms with Crippen LogP contribution in [0.1, 0.15) is 34.7 Å². The molecule has 3 aromatic carbocycles. The average molecular weight is 452 g/mol. The van der Waals surface area contributed by atoms with Gasteiger partial charge in [-0.25, -0.2) is 0 Å². The number of aryl methyl sites for hydroxylation is 2. The molecule has 5 rings (SSSR count). The van der Waals surface area contributed by atoms with Crippen molar-refractivity contribution in [2.24, 2.45) is 0 Å². The van der Waals surface area contributed by atoms with Crippen molar-refractivity contribution >= 4 is 22.4 Å². The Morgan fingerprint density at radius 3 is 2.59 bits per heavy atom. The second-order valence-corrected chi connectivity index (χ2v) is 9.12. The lowest BCUT2D eigenvalue weighted by Gasteiger charge is -2.28. The van der Waals surface area contributed by atoms with E-state index in [2.05, 4.69) is 56.3 Å². The molecule has 0 bridgehead atoms. The summed E-state index contributed by atoms with van der Waals surface area (Å²) in [6.07, 6.45) is 4.42. The molecule has 0 radical (unpaired) electrons. The van der Waals surface area contributed by atoms with Crippen LogP contribution in [0, 0.1) is 13.8 Å². The molecule has 0 fully saturated rings. The van der Waals surface area contributed by atoms with Gasteiger partial charge in [-0.1, -0.05) is 48.0 Å². The third-order valence-corrected chi connectivity index (χ3v) is 6.77. The Balaban J connectivity index is 1.51. The number of carbonyl (C=O) groups is 1. The van der Waals surface area contributed by atoms with Crippen LogP contribution in [-0.2, 0) is 17.8 Å². The number of hydrogen-bond acceptors (Lipinski definition) is 3. The van der Waals surface area contributed by atoms with Crippen LogP contribution in [0.5, 0.6) is 5.75 Å². The number of hydrogen-bond donors (Lipinski definition) is 0. The van der Waals surface area contributed by atoms with Gasteiger partial charge in [0.2, 0.25) is 5.91 Å². The number of allylic oxidation sites excluding steroid dienone is 1. The Bertz CT molecular complexity index is 1430. The number of carbonyl (C=O) groups excluding carboxylic acids is 1. The predicted molar refractivity (Wildman–Crippen MR) is 137 cm³/mol. The standard InChI is InChI=1S/C30H29NO3/c1-19-9-10-24(20(2)13-19)27-18-34-29-16-28(33-4)25(15-26(27)29)21(3)14-30(32)31-12-11-22-7-5-6-8-23(22)17-31/h5-10,13-16,18H,11-12,17H2,1-4H3/b21-14+. The normalized spacial score (nSPS) is 13.8. The van der Waals surface area contributed by atoms with Gasteiger partial charge in [-0.3, -0.25) is 4.79 Å². The van der Waals surface area contributed by atoms with Crippen molar-refractivity contribution in [1.29, 1.82) is 0 Å². The molecule has 4 nitrogen and oxygen atoms in total. The highest BCUT2D eigenvalue weighted by Gasteiger charge is 2.20. The topological polar surface area (TPSA) is 42.7 Å². The Morgan fingerprint density at radius 1 is 1.03 bits per heavy atom. The van der Waals surface area contributed by atoms with Crippen molar-refractivity contribution in [2.45, 2.75) is 33.7 Å². The van der Waals surface area contributed by atoms with Gasteiger partial charge in [0.05, 0.1) is 13.4 Å². The lowest BCUT2D eigenvalue weighted by molar-refractivity contribution is -0.126. The summed E-state index contributed by atoms with van der Waals surface area (Å²) in [5.74, 6) is 0.718. The SMILES string of the molecule is COc1cc2occ(-c3ccc(C)cc3C)c2cc1/C(C)=C/C(=O)N1CCc2ccccc2C1. The van der Waals surface area contributed by atoms with E-state index in [0.29, 0.717) is 12.3 Å². The largest absolute Gasteiger partial charge is 0.496 e. The average Bonchev–Trinajstić information content (AvgIpc) is 3.25. The molecule has 0 unspecified atom stereocenters. The lowest BCUT2D eigenvalue weighted by atomic mass is 9.96. The highest BCUT2D eigenvalue weighted by Crippen LogP contribution is 2.38. The van der Waals surface area contributed by atoms with E-state index in [9.17, 15) is 4.79 Å². The van der Waals surface area contributed by atoms with Gasteiger partial charge < -0.3 is 14.1 Å². The number of nitrogens with zero attached hydrogens (tertiary/aromatic N) is 1. The third-order valence-electron chi connectivity index (χ3n) is 6.77. The lowest BCUT2D eigenvalue weighted by Crippen LogP contribution is -2.34. The first-order valence-corrected chi connectivity index (χ1v) is 11.7. The number of rotatable bonds is 4. The van der Waals surface area contributed by atoms with Crippen LogP contribution in [0.2, 0.25) is 0 Å². The molecule has 4 aromatic rings. The zero-order valence-electron chi connectivity index (χ0n) is 20.1. The van der Waals surface area contributed by atoms with Crippen molar-refractivity contribution in [3.05, 3.63) is 94.8 Å². The van der Waals surface area contributed by atoms with Crippen molar-refractivity contribution in [2.75, 3.05) is 13.7 Å². The van der Waals surface area contributed by atoms with Crippen LogP contribution < -0.4 is 4.74 Å². The molecule has 1 aliphatic rings. The van der Waals surface area contributed by atoms with Crippen LogP contribution in [0.4, 0.5) is 0 Å². The minimum absolute atomic E-state index is 0.0240. The Labute approximate surface area is 200 Å². The molecule has 0 saturated heterocycles. The van der Waals surface area contributed by atoms with Crippen molar-refractivity contribution in [1.82, 2.24) is 4.90 Å². The molecule has 4 heteroatoms. The molecular weight excluding hydrogens is 422 g/mol. The van der Waals surface area contributed by atoms with E-state index >= 15 is 0 Å². The van der Waals surface area contributed by atoms with E-state index in [4.69, 9.17) is 9.15 Å². The summed E-state index contributed by atoms with van der Waals surface area (Å²) in [7, 11) is 1.65. The van der Waals surface area contributed by atoms with Crippen LogP contribution in [-0.4, -0.2) is 24.5 Å². The minimum Gasteiger partial charge on any atom is -0.496 e. The second-order valence-electron chi connectivity index (χ2n) is 9.12. The Morgan fingerprint density at radius 2 is 1.82 bits per heavy atom. The quantitative estimate of drug-likeness (QED) is 0.324. The maximum Gasteiger partial charge on any atom is 0.247 e. The fourth-order valence-corrected chi connectivity index (χ4v) is 4.89. The molecule has 1 aliphatic heterocycles. The number of amides is 1. The summed E-state index contributed by atoms with van der Waals surface area (Å²) in [5.41, 5.74) is 9.71. The molecule has 1 amide bonds. The highest BCUT2D eigenvalue weighted by molar-refractivity contribution is 6.00. The molecule has 34 heavy (non-hydrogen) atoms. The van der Waals surface area contributed by atoms with Crippen LogP contribution in [0.15, 0.2) is 71.4 Å². The maximum atomic E-state index is 13.2. The van der Waals surface area contributed by atoms with Crippen molar-refractivity contribution in [3.63, 3.8) is 0 Å². The van der Waals surface area contributed by atoms with Crippen molar-refractivity contribution in [3.8, 4) is 16.9 Å². The monoisotopic (exact) mass is 451 g/mol. The molecule has 0 aliphatic carbocycles. The zero-order chi connectivity index (χ0) is 23.8. The van der Waals surface area contributed by atoms with Crippen LogP contribution in [0.25, 0.3) is 27.7 Å². The van der Waals surface area contributed by atoms with E-state index in [-0.39, 0.29) is 5.91 Å². The van der Waals surface area contributed by atoms with Gasteiger partial charge in [0.15, 0.2) is 0 Å². The summed E-state index contributed by atoms with van der Waals surface area (Å²) >= 11 is 0. The van der Waals surface area contributed by atoms with E-state index in [1.165, 1.54) is 22.3 Å². The van der Waals surface area contributed by atoms with Gasteiger partial charge in [-0.15, -0.1) is 0 Å². The first kappa shape index (κ1) is 22.0. The molecule has 0 N–H and O–H groups in total. The van der Waals surface area contributed by atoms with Crippen molar-refractivity contribution < 1.29 is 13.9 Å². The first-order valence-electron chi connectivity index (χ1n) is 11.7. The molecular formula is C30H29NO3. The molecule has 1 aromatic heterocycles. The summed E-state index contributed by atoms with van der Waals surface area (Å²) in [4.78, 5) is 15.1. The van der Waals surface area contributed by atoms with Gasteiger partial charge >= 0.3 is 0 Å². The van der Waals surface area contributed by atoms with Gasteiger partial charge in [-0.2, -0.15) is 0 Å². The fourth-order valence-electron chi connectivity index (χ4n) is 4.89. The predicted octanol–water partition coefficient (Wildman–Crippen LogP) is 6.71. The van der Waals surface area contributed by atoms with Gasteiger partial charge in [0.25, 0.3) is 0 Å². The molecule has 0 atom stereocenters. The second kappa shape index (κ2) is 8.86. The van der Waals surface area contributed by atoms with Crippen LogP contribution in [0.3, 0.4) is 0 Å². The van der Waals surface area contributed by atoms with E-state index in [1.807, 2.05) is 24.0 Å². The Kier molecular flexibility index (Phi) is 5.74. The first-order chi connectivity index (χ1) is 16.4. The summed E-state index contributed by atoms with van der Waals surface area (Å²) in [6, 6.07) is 18.8. The van der Waals surface area contributed by atoms with Gasteiger partial charge in [0, 0.05) is 41.7 Å². The maximum absolute atomic E-state index is 13.2. The summed E-state index contributed by atoms with van der Waals surface area (Å²) in [5, 5.41) is 1.01. The Hall–Kier alpha value is -3.79. The third kappa shape index (κ3) is 4.01. The number of benzene rings is 3. The van der Waals surface area contributed by atoms with Gasteiger partial charge in [0.1, 0.15) is 11.3 Å². The number of fused-ring (bicyclic) bond motifs is 2. The van der Waals surface area contributed by atoms with E-state index < -0.39 is 0 Å². The summed E-state index contributed by atoms with van der Waals surface area (Å²) in [6.45, 7) is 7.56. The highest BCUT2D eigenvalue weighted by atomic mass is 16.5. The van der Waals surface area contributed by atoms with E-state index in [1.54, 1.807) is 19.4 Å². The summed E-state index contributed by atoms with van der Waals surface area (Å²) < 4.78 is 11.6. The minimum atomic E-state index is 0.0240. The molecule has 0 spiro atoms.